The number of urea groups is 1. The van der Waals surface area contributed by atoms with E-state index < -0.39 is 12.6 Å². The molecule has 1 aliphatic rings. The van der Waals surface area contributed by atoms with Crippen molar-refractivity contribution in [3.8, 4) is 5.75 Å². The van der Waals surface area contributed by atoms with Gasteiger partial charge in [0.25, 0.3) is 0 Å². The number of aromatic nitrogens is 3. The van der Waals surface area contributed by atoms with Gasteiger partial charge >= 0.3 is 12.6 Å². The van der Waals surface area contributed by atoms with Gasteiger partial charge in [-0.1, -0.05) is 11.6 Å². The van der Waals surface area contributed by atoms with E-state index >= 15 is 0 Å². The highest BCUT2D eigenvalue weighted by Gasteiger charge is 2.17. The van der Waals surface area contributed by atoms with E-state index in [-0.39, 0.29) is 17.3 Å². The summed E-state index contributed by atoms with van der Waals surface area (Å²) >= 11 is 5.83. The van der Waals surface area contributed by atoms with E-state index in [2.05, 4.69) is 25.6 Å². The van der Waals surface area contributed by atoms with Crippen molar-refractivity contribution in [1.29, 1.82) is 0 Å². The smallest absolute Gasteiger partial charge is 0.387 e. The number of carbonyl (C=O) groups excluding carboxylic acids is 1. The van der Waals surface area contributed by atoms with Crippen molar-refractivity contribution in [1.82, 2.24) is 20.1 Å². The molecule has 7 nitrogen and oxygen atoms in total. The molecule has 0 unspecified atom stereocenters. The number of anilines is 1. The van der Waals surface area contributed by atoms with Crippen molar-refractivity contribution < 1.29 is 18.3 Å². The number of ether oxygens (including phenoxy) is 1. The highest BCUT2D eigenvalue weighted by Crippen LogP contribution is 2.28. The van der Waals surface area contributed by atoms with Gasteiger partial charge in [0.05, 0.1) is 11.6 Å². The normalized spacial score (nSPS) is 13.0. The molecule has 2 amide bonds. The van der Waals surface area contributed by atoms with Crippen LogP contribution in [0.2, 0.25) is 5.02 Å². The number of nitrogens with zero attached hydrogens (tertiary/aromatic N) is 3. The first-order chi connectivity index (χ1) is 11.5. The van der Waals surface area contributed by atoms with Crippen LogP contribution >= 0.6 is 11.6 Å². The number of benzene rings is 1. The molecule has 3 rings (SSSR count). The Morgan fingerprint density at radius 2 is 2.25 bits per heavy atom. The molecule has 24 heavy (non-hydrogen) atoms. The van der Waals surface area contributed by atoms with Crippen LogP contribution in [-0.4, -0.2) is 27.4 Å². The molecule has 0 saturated carbocycles. The van der Waals surface area contributed by atoms with Crippen molar-refractivity contribution in [2.75, 3.05) is 5.32 Å². The van der Waals surface area contributed by atoms with E-state index in [9.17, 15) is 13.6 Å². The summed E-state index contributed by atoms with van der Waals surface area (Å²) in [5.41, 5.74) is 0.352. The summed E-state index contributed by atoms with van der Waals surface area (Å²) in [7, 11) is 0. The summed E-state index contributed by atoms with van der Waals surface area (Å²) in [5.74, 6) is 1.46. The molecule has 2 N–H and O–H groups in total. The number of aryl methyl sites for hydroxylation is 1. The highest BCUT2D eigenvalue weighted by atomic mass is 35.5. The summed E-state index contributed by atoms with van der Waals surface area (Å²) in [6, 6.07) is 3.53. The number of nitrogens with one attached hydrogen (secondary N) is 2. The van der Waals surface area contributed by atoms with Crippen LogP contribution in [0.4, 0.5) is 19.3 Å². The molecule has 0 saturated heterocycles. The summed E-state index contributed by atoms with van der Waals surface area (Å²) in [4.78, 5) is 11.9. The Bertz CT molecular complexity index is 753. The van der Waals surface area contributed by atoms with E-state index in [4.69, 9.17) is 11.6 Å². The Hall–Kier alpha value is -2.42. The van der Waals surface area contributed by atoms with Crippen LogP contribution in [0.1, 0.15) is 18.1 Å². The number of halogens is 3. The maximum absolute atomic E-state index is 12.2. The van der Waals surface area contributed by atoms with Gasteiger partial charge in [0.1, 0.15) is 11.6 Å². The van der Waals surface area contributed by atoms with E-state index in [0.29, 0.717) is 11.5 Å². The minimum atomic E-state index is -2.96. The first-order valence-corrected chi connectivity index (χ1v) is 7.61. The van der Waals surface area contributed by atoms with Crippen LogP contribution in [0.3, 0.4) is 0 Å². The molecule has 1 aromatic heterocycles. The molecule has 128 valence electrons. The Morgan fingerprint density at radius 1 is 1.42 bits per heavy atom. The van der Waals surface area contributed by atoms with Crippen LogP contribution in [0.15, 0.2) is 18.2 Å². The van der Waals surface area contributed by atoms with Gasteiger partial charge < -0.3 is 19.9 Å². The van der Waals surface area contributed by atoms with Gasteiger partial charge in [-0.3, -0.25) is 0 Å². The zero-order valence-corrected chi connectivity index (χ0v) is 13.2. The lowest BCUT2D eigenvalue weighted by Crippen LogP contribution is -2.29. The molecule has 2 aromatic rings. The zero-order chi connectivity index (χ0) is 17.1. The molecule has 0 fully saturated rings. The lowest BCUT2D eigenvalue weighted by molar-refractivity contribution is -0.0497. The van der Waals surface area contributed by atoms with Crippen LogP contribution in [0.5, 0.6) is 5.75 Å². The quantitative estimate of drug-likeness (QED) is 0.862. The largest absolute Gasteiger partial charge is 0.433 e. The van der Waals surface area contributed by atoms with Crippen molar-refractivity contribution in [2.45, 2.75) is 32.5 Å². The average molecular weight is 358 g/mol. The number of rotatable bonds is 5. The zero-order valence-electron chi connectivity index (χ0n) is 12.4. The van der Waals surface area contributed by atoms with Gasteiger partial charge in [0.15, 0.2) is 5.82 Å². The molecule has 2 heterocycles. The molecule has 0 aliphatic carbocycles. The minimum absolute atomic E-state index is 0.0247. The SMILES string of the molecule is O=C(NCc1nnc2n1CCC2)Nc1ccc(OC(F)F)c(Cl)c1. The predicted molar refractivity (Wildman–Crippen MR) is 82.3 cm³/mol. The van der Waals surface area contributed by atoms with Gasteiger partial charge in [-0.25, -0.2) is 4.79 Å². The first-order valence-electron chi connectivity index (χ1n) is 7.23. The van der Waals surface area contributed by atoms with Crippen LogP contribution in [0.25, 0.3) is 0 Å². The van der Waals surface area contributed by atoms with Crippen molar-refractivity contribution >= 4 is 23.3 Å². The standard InChI is InChI=1S/C14H14ClF2N5O2/c15-9-6-8(3-4-10(9)24-13(16)17)19-14(23)18-7-12-21-20-11-2-1-5-22(11)12/h3-4,6,13H,1-2,5,7H2,(H2,18,19,23). The molecule has 1 aliphatic heterocycles. The molecule has 10 heteroatoms. The maximum atomic E-state index is 12.2. The lowest BCUT2D eigenvalue weighted by atomic mass is 10.3. The Morgan fingerprint density at radius 3 is 3.00 bits per heavy atom. The number of alkyl halides is 2. The second-order valence-electron chi connectivity index (χ2n) is 5.12. The second-order valence-corrected chi connectivity index (χ2v) is 5.53. The third kappa shape index (κ3) is 3.73. The molecular formula is C14H14ClF2N5O2. The van der Waals surface area contributed by atoms with E-state index in [0.717, 1.165) is 25.2 Å². The van der Waals surface area contributed by atoms with Gasteiger partial charge in [-0.15, -0.1) is 10.2 Å². The first kappa shape index (κ1) is 16.4. The Kier molecular flexibility index (Phi) is 4.79. The van der Waals surface area contributed by atoms with Crippen LogP contribution < -0.4 is 15.4 Å². The van der Waals surface area contributed by atoms with E-state index in [1.54, 1.807) is 0 Å². The molecule has 0 spiro atoms. The fraction of sp³-hybridized carbons (Fsp3) is 0.357. The number of hydrogen-bond donors (Lipinski definition) is 2. The molecule has 0 atom stereocenters. The second kappa shape index (κ2) is 7.00. The monoisotopic (exact) mass is 357 g/mol. The van der Waals surface area contributed by atoms with Gasteiger partial charge in [0, 0.05) is 18.7 Å². The fourth-order valence-electron chi connectivity index (χ4n) is 2.45. The maximum Gasteiger partial charge on any atom is 0.387 e. The number of hydrogen-bond acceptors (Lipinski definition) is 4. The molecular weight excluding hydrogens is 344 g/mol. The molecule has 0 bridgehead atoms. The van der Waals surface area contributed by atoms with E-state index in [1.165, 1.54) is 18.2 Å². The summed E-state index contributed by atoms with van der Waals surface area (Å²) in [6.45, 7) is -1.88. The van der Waals surface area contributed by atoms with Gasteiger partial charge in [-0.2, -0.15) is 8.78 Å². The van der Waals surface area contributed by atoms with Crippen molar-refractivity contribution in [2.24, 2.45) is 0 Å². The van der Waals surface area contributed by atoms with Crippen molar-refractivity contribution in [3.05, 3.63) is 34.9 Å². The highest BCUT2D eigenvalue weighted by molar-refractivity contribution is 6.32. The van der Waals surface area contributed by atoms with Gasteiger partial charge in [0.2, 0.25) is 0 Å². The molecule has 0 radical (unpaired) electrons. The van der Waals surface area contributed by atoms with E-state index in [1.807, 2.05) is 4.57 Å². The number of fused-ring (bicyclic) bond motifs is 1. The summed E-state index contributed by atoms with van der Waals surface area (Å²) in [6.07, 6.45) is 1.92. The van der Waals surface area contributed by atoms with Crippen LogP contribution in [0, 0.1) is 0 Å². The van der Waals surface area contributed by atoms with Crippen LogP contribution in [-0.2, 0) is 19.5 Å². The Balaban J connectivity index is 1.55. The minimum Gasteiger partial charge on any atom is -0.433 e. The summed E-state index contributed by atoms with van der Waals surface area (Å²) in [5, 5.41) is 13.3. The Labute approximate surface area is 141 Å². The third-order valence-electron chi connectivity index (χ3n) is 3.50. The number of carbonyl (C=O) groups is 1. The summed E-state index contributed by atoms with van der Waals surface area (Å²) < 4.78 is 30.5. The average Bonchev–Trinajstić information content (AvgIpc) is 3.11. The predicted octanol–water partition coefficient (Wildman–Crippen LogP) is 2.80. The molecule has 1 aromatic carbocycles. The van der Waals surface area contributed by atoms with Gasteiger partial charge in [-0.05, 0) is 24.6 Å². The topological polar surface area (TPSA) is 81.1 Å². The third-order valence-corrected chi connectivity index (χ3v) is 3.79. The number of amides is 2. The van der Waals surface area contributed by atoms with Crippen molar-refractivity contribution in [3.63, 3.8) is 0 Å². The lowest BCUT2D eigenvalue weighted by Gasteiger charge is -2.10. The fourth-order valence-corrected chi connectivity index (χ4v) is 2.67.